The van der Waals surface area contributed by atoms with Gasteiger partial charge in [-0.1, -0.05) is 37.6 Å². The molecule has 2 aromatic heterocycles. The van der Waals surface area contributed by atoms with E-state index in [1.54, 1.807) is 6.20 Å². The van der Waals surface area contributed by atoms with Gasteiger partial charge in [0, 0.05) is 13.6 Å². The zero-order valence-corrected chi connectivity index (χ0v) is 16.7. The van der Waals surface area contributed by atoms with Gasteiger partial charge in [0.05, 0.1) is 22.9 Å². The van der Waals surface area contributed by atoms with Crippen LogP contribution in [0.15, 0.2) is 35.3 Å². The molecule has 8 heteroatoms. The molecule has 1 aromatic carbocycles. The molecule has 0 atom stereocenters. The van der Waals surface area contributed by atoms with E-state index in [1.165, 1.54) is 4.68 Å². The third-order valence-corrected chi connectivity index (χ3v) is 5.10. The Morgan fingerprint density at radius 2 is 1.96 bits per heavy atom. The molecule has 0 saturated heterocycles. The molecule has 0 radical (unpaired) electrons. The molecule has 3 rings (SSSR count). The van der Waals surface area contributed by atoms with E-state index in [4.69, 9.17) is 11.6 Å². The monoisotopic (exact) mass is 388 g/mol. The molecule has 2 heterocycles. The van der Waals surface area contributed by atoms with Crippen LogP contribution in [0, 0.1) is 0 Å². The average Bonchev–Trinajstić information content (AvgIpc) is 3.02. The molecule has 27 heavy (non-hydrogen) atoms. The average molecular weight is 389 g/mol. The molecule has 0 spiro atoms. The van der Waals surface area contributed by atoms with Crippen molar-refractivity contribution in [2.75, 3.05) is 31.5 Å². The quantitative estimate of drug-likeness (QED) is 0.601. The molecular formula is C19H25ClN6O. The van der Waals surface area contributed by atoms with E-state index < -0.39 is 0 Å². The molecule has 0 aliphatic heterocycles. The number of anilines is 1. The number of hydrogen-bond acceptors (Lipinski definition) is 5. The van der Waals surface area contributed by atoms with Crippen molar-refractivity contribution in [1.29, 1.82) is 0 Å². The molecule has 144 valence electrons. The summed E-state index contributed by atoms with van der Waals surface area (Å²) in [6.45, 7) is 8.10. The van der Waals surface area contributed by atoms with E-state index in [0.29, 0.717) is 11.6 Å². The van der Waals surface area contributed by atoms with Crippen molar-refractivity contribution in [2.45, 2.75) is 20.3 Å². The maximum Gasteiger partial charge on any atom is 0.295 e. The SMILES string of the molecule is CCN(CC)CCCNc1cnn(-c2nc3ccccc3n2C)c(=O)c1Cl. The first-order valence-electron chi connectivity index (χ1n) is 9.22. The number of para-hydroxylation sites is 2. The molecule has 0 fully saturated rings. The van der Waals surface area contributed by atoms with Crippen molar-refractivity contribution in [3.63, 3.8) is 0 Å². The van der Waals surface area contributed by atoms with Crippen molar-refractivity contribution in [3.8, 4) is 5.95 Å². The zero-order chi connectivity index (χ0) is 19.4. The number of imidazole rings is 1. The van der Waals surface area contributed by atoms with Crippen LogP contribution in [0.1, 0.15) is 20.3 Å². The summed E-state index contributed by atoms with van der Waals surface area (Å²) in [6, 6.07) is 7.69. The highest BCUT2D eigenvalue weighted by molar-refractivity contribution is 6.32. The predicted octanol–water partition coefficient (Wildman–Crippen LogP) is 2.92. The molecule has 1 N–H and O–H groups in total. The lowest BCUT2D eigenvalue weighted by atomic mass is 10.3. The van der Waals surface area contributed by atoms with E-state index in [1.807, 2.05) is 35.9 Å². The highest BCUT2D eigenvalue weighted by Crippen LogP contribution is 2.19. The highest BCUT2D eigenvalue weighted by Gasteiger charge is 2.15. The summed E-state index contributed by atoms with van der Waals surface area (Å²) in [4.78, 5) is 19.6. The number of aromatic nitrogens is 4. The van der Waals surface area contributed by atoms with Crippen LogP contribution in [-0.2, 0) is 7.05 Å². The van der Waals surface area contributed by atoms with Crippen LogP contribution in [-0.4, -0.2) is 50.4 Å². The third-order valence-electron chi connectivity index (χ3n) is 4.73. The van der Waals surface area contributed by atoms with Crippen LogP contribution in [0.5, 0.6) is 0 Å². The normalized spacial score (nSPS) is 11.4. The van der Waals surface area contributed by atoms with Gasteiger partial charge < -0.3 is 14.8 Å². The summed E-state index contributed by atoms with van der Waals surface area (Å²) in [5.74, 6) is 0.441. The maximum absolute atomic E-state index is 12.7. The Balaban J connectivity index is 1.79. The minimum atomic E-state index is -0.385. The van der Waals surface area contributed by atoms with Crippen LogP contribution in [0.2, 0.25) is 5.02 Å². The van der Waals surface area contributed by atoms with E-state index in [2.05, 4.69) is 34.1 Å². The van der Waals surface area contributed by atoms with Crippen LogP contribution >= 0.6 is 11.6 Å². The van der Waals surface area contributed by atoms with Gasteiger partial charge in [0.25, 0.3) is 5.56 Å². The first-order valence-corrected chi connectivity index (χ1v) is 9.60. The van der Waals surface area contributed by atoms with Gasteiger partial charge in [-0.25, -0.2) is 4.98 Å². The lowest BCUT2D eigenvalue weighted by Gasteiger charge is -2.18. The maximum atomic E-state index is 12.7. The summed E-state index contributed by atoms with van der Waals surface area (Å²) < 4.78 is 3.07. The molecule has 7 nitrogen and oxygen atoms in total. The second kappa shape index (κ2) is 8.54. The zero-order valence-electron chi connectivity index (χ0n) is 15.9. The van der Waals surface area contributed by atoms with Crippen molar-refractivity contribution in [3.05, 3.63) is 45.8 Å². The first kappa shape index (κ1) is 19.4. The summed E-state index contributed by atoms with van der Waals surface area (Å²) in [7, 11) is 1.85. The molecule has 0 amide bonds. The molecule has 3 aromatic rings. The summed E-state index contributed by atoms with van der Waals surface area (Å²) in [6.07, 6.45) is 2.55. The lowest BCUT2D eigenvalue weighted by molar-refractivity contribution is 0.303. The fraction of sp³-hybridized carbons (Fsp3) is 0.421. The Morgan fingerprint density at radius 3 is 2.67 bits per heavy atom. The number of benzene rings is 1. The summed E-state index contributed by atoms with van der Waals surface area (Å²) in [5, 5.41) is 7.62. The van der Waals surface area contributed by atoms with E-state index in [-0.39, 0.29) is 10.6 Å². The number of nitrogens with one attached hydrogen (secondary N) is 1. The van der Waals surface area contributed by atoms with Gasteiger partial charge in [0.2, 0.25) is 5.95 Å². The van der Waals surface area contributed by atoms with Gasteiger partial charge in [0.1, 0.15) is 5.02 Å². The van der Waals surface area contributed by atoms with E-state index >= 15 is 0 Å². The molecule has 0 saturated carbocycles. The topological polar surface area (TPSA) is 68.0 Å². The van der Waals surface area contributed by atoms with Gasteiger partial charge in [0.15, 0.2) is 0 Å². The van der Waals surface area contributed by atoms with Crippen molar-refractivity contribution in [2.24, 2.45) is 7.05 Å². The Labute approximate surface area is 163 Å². The molecule has 0 aliphatic rings. The highest BCUT2D eigenvalue weighted by atomic mass is 35.5. The fourth-order valence-electron chi connectivity index (χ4n) is 3.09. The summed E-state index contributed by atoms with van der Waals surface area (Å²) in [5.41, 5.74) is 1.90. The third kappa shape index (κ3) is 3.99. The number of hydrogen-bond donors (Lipinski definition) is 1. The summed E-state index contributed by atoms with van der Waals surface area (Å²) >= 11 is 6.31. The largest absolute Gasteiger partial charge is 0.382 e. The van der Waals surface area contributed by atoms with Crippen LogP contribution in [0.4, 0.5) is 5.69 Å². The molecular weight excluding hydrogens is 364 g/mol. The van der Waals surface area contributed by atoms with Gasteiger partial charge in [-0.3, -0.25) is 4.79 Å². The second-order valence-electron chi connectivity index (χ2n) is 6.36. The Kier molecular flexibility index (Phi) is 6.13. The van der Waals surface area contributed by atoms with Gasteiger partial charge in [-0.2, -0.15) is 9.78 Å². The van der Waals surface area contributed by atoms with E-state index in [9.17, 15) is 4.79 Å². The minimum Gasteiger partial charge on any atom is -0.382 e. The first-order chi connectivity index (χ1) is 13.1. The van der Waals surface area contributed by atoms with Crippen LogP contribution in [0.25, 0.3) is 17.0 Å². The molecule has 0 bridgehead atoms. The minimum absolute atomic E-state index is 0.125. The smallest absolute Gasteiger partial charge is 0.295 e. The lowest BCUT2D eigenvalue weighted by Crippen LogP contribution is -2.27. The fourth-order valence-corrected chi connectivity index (χ4v) is 3.28. The molecule has 0 unspecified atom stereocenters. The number of aryl methyl sites for hydroxylation is 1. The number of fused-ring (bicyclic) bond motifs is 1. The standard InChI is InChI=1S/C19H25ClN6O/c1-4-25(5-2)12-8-11-21-15-13-22-26(18(27)17(15)20)19-23-14-9-6-7-10-16(14)24(19)3/h6-7,9-10,13,21H,4-5,8,11-12H2,1-3H3. The predicted molar refractivity (Wildman–Crippen MR) is 110 cm³/mol. The Bertz CT molecular complexity index is 976. The molecule has 0 aliphatic carbocycles. The number of nitrogens with zero attached hydrogens (tertiary/aromatic N) is 5. The Hall–Kier alpha value is -2.38. The van der Waals surface area contributed by atoms with Crippen molar-refractivity contribution in [1.82, 2.24) is 24.2 Å². The van der Waals surface area contributed by atoms with Gasteiger partial charge in [-0.05, 0) is 38.2 Å². The van der Waals surface area contributed by atoms with E-state index in [0.717, 1.165) is 43.6 Å². The number of halogens is 1. The van der Waals surface area contributed by atoms with Gasteiger partial charge in [-0.15, -0.1) is 0 Å². The Morgan fingerprint density at radius 1 is 1.22 bits per heavy atom. The van der Waals surface area contributed by atoms with Crippen molar-refractivity contribution < 1.29 is 0 Å². The number of rotatable bonds is 8. The van der Waals surface area contributed by atoms with Crippen LogP contribution in [0.3, 0.4) is 0 Å². The van der Waals surface area contributed by atoms with Gasteiger partial charge >= 0.3 is 0 Å². The van der Waals surface area contributed by atoms with Crippen molar-refractivity contribution >= 4 is 28.3 Å². The second-order valence-corrected chi connectivity index (χ2v) is 6.73. The van der Waals surface area contributed by atoms with Crippen LogP contribution < -0.4 is 10.9 Å².